The van der Waals surface area contributed by atoms with Gasteiger partial charge in [-0.2, -0.15) is 0 Å². The number of hydrogen-bond acceptors (Lipinski definition) is 4. The van der Waals surface area contributed by atoms with E-state index in [9.17, 15) is 14.4 Å². The van der Waals surface area contributed by atoms with Gasteiger partial charge in [-0.3, -0.25) is 14.4 Å². The van der Waals surface area contributed by atoms with Gasteiger partial charge in [0.2, 0.25) is 17.7 Å². The first kappa shape index (κ1) is 13.7. The molecule has 0 fully saturated rings. The molecule has 1 rings (SSSR count). The molecule has 1 aromatic rings. The van der Waals surface area contributed by atoms with E-state index in [0.29, 0.717) is 11.3 Å². The van der Waals surface area contributed by atoms with E-state index in [4.69, 9.17) is 17.2 Å². The van der Waals surface area contributed by atoms with Crippen molar-refractivity contribution in [3.05, 3.63) is 29.8 Å². The fourth-order valence-electron chi connectivity index (χ4n) is 1.26. The highest BCUT2D eigenvalue weighted by Gasteiger charge is 2.15. The summed E-state index contributed by atoms with van der Waals surface area (Å²) in [4.78, 5) is 33.0. The quantitative estimate of drug-likeness (QED) is 0.527. The summed E-state index contributed by atoms with van der Waals surface area (Å²) in [5.41, 5.74) is 16.2. The van der Waals surface area contributed by atoms with Crippen LogP contribution < -0.4 is 22.5 Å². The van der Waals surface area contributed by atoms with Crippen molar-refractivity contribution in [2.24, 2.45) is 17.2 Å². The van der Waals surface area contributed by atoms with Gasteiger partial charge in [0.25, 0.3) is 0 Å². The van der Waals surface area contributed by atoms with Gasteiger partial charge >= 0.3 is 0 Å². The summed E-state index contributed by atoms with van der Waals surface area (Å²) in [6.07, 6.45) is -0.231. The number of hydrogen-bond donors (Lipinski definition) is 4. The molecule has 1 unspecified atom stereocenters. The van der Waals surface area contributed by atoms with Crippen LogP contribution >= 0.6 is 0 Å². The normalized spacial score (nSPS) is 11.6. The average molecular weight is 250 g/mol. The number of amides is 3. The third-order valence-corrected chi connectivity index (χ3v) is 2.19. The molecule has 3 amide bonds. The van der Waals surface area contributed by atoms with Crippen LogP contribution in [-0.2, 0) is 9.59 Å². The third kappa shape index (κ3) is 3.87. The lowest BCUT2D eigenvalue weighted by molar-refractivity contribution is -0.123. The molecule has 1 atom stereocenters. The number of primary amides is 2. The van der Waals surface area contributed by atoms with Gasteiger partial charge in [0.05, 0.1) is 12.5 Å². The Kier molecular flexibility index (Phi) is 4.39. The number of nitrogens with one attached hydrogen (secondary N) is 1. The molecule has 0 heterocycles. The summed E-state index contributed by atoms with van der Waals surface area (Å²) in [6, 6.07) is 4.96. The second-order valence-electron chi connectivity index (χ2n) is 3.71. The van der Waals surface area contributed by atoms with E-state index in [0.717, 1.165) is 0 Å². The predicted molar refractivity (Wildman–Crippen MR) is 65.4 cm³/mol. The number of rotatable bonds is 5. The maximum atomic E-state index is 11.5. The Bertz CT molecular complexity index is 470. The molecule has 18 heavy (non-hydrogen) atoms. The molecule has 0 aliphatic heterocycles. The van der Waals surface area contributed by atoms with E-state index >= 15 is 0 Å². The summed E-state index contributed by atoms with van der Waals surface area (Å²) in [7, 11) is 0. The fourth-order valence-corrected chi connectivity index (χ4v) is 1.26. The summed E-state index contributed by atoms with van der Waals surface area (Å²) in [5, 5.41) is 2.49. The van der Waals surface area contributed by atoms with Gasteiger partial charge < -0.3 is 22.5 Å². The molecule has 7 N–H and O–H groups in total. The largest absolute Gasteiger partial charge is 0.370 e. The van der Waals surface area contributed by atoms with Crippen LogP contribution in [-0.4, -0.2) is 23.8 Å². The fraction of sp³-hybridized carbons (Fsp3) is 0.182. The summed E-state index contributed by atoms with van der Waals surface area (Å²) in [5.74, 6) is -1.74. The third-order valence-electron chi connectivity index (χ3n) is 2.19. The van der Waals surface area contributed by atoms with Crippen molar-refractivity contribution in [1.82, 2.24) is 0 Å². The minimum absolute atomic E-state index is 0.231. The van der Waals surface area contributed by atoms with Gasteiger partial charge in [0.1, 0.15) is 0 Å². The minimum atomic E-state index is -1.00. The smallest absolute Gasteiger partial charge is 0.248 e. The van der Waals surface area contributed by atoms with Crippen LogP contribution in [0.15, 0.2) is 24.3 Å². The summed E-state index contributed by atoms with van der Waals surface area (Å²) < 4.78 is 0. The Hall–Kier alpha value is -2.41. The topological polar surface area (TPSA) is 141 Å². The van der Waals surface area contributed by atoms with Crippen molar-refractivity contribution >= 4 is 23.4 Å². The maximum absolute atomic E-state index is 11.5. The number of nitrogens with two attached hydrogens (primary N) is 3. The first-order valence-electron chi connectivity index (χ1n) is 5.14. The minimum Gasteiger partial charge on any atom is -0.370 e. The van der Waals surface area contributed by atoms with Crippen molar-refractivity contribution in [2.75, 3.05) is 5.32 Å². The van der Waals surface area contributed by atoms with Gasteiger partial charge in [0.15, 0.2) is 0 Å². The number of carbonyl (C=O) groups excluding carboxylic acids is 3. The van der Waals surface area contributed by atoms with Crippen LogP contribution in [0.5, 0.6) is 0 Å². The number of carbonyl (C=O) groups is 3. The van der Waals surface area contributed by atoms with Gasteiger partial charge in [-0.1, -0.05) is 0 Å². The van der Waals surface area contributed by atoms with Gasteiger partial charge in [-0.25, -0.2) is 0 Å². The van der Waals surface area contributed by atoms with E-state index in [-0.39, 0.29) is 6.42 Å². The zero-order valence-corrected chi connectivity index (χ0v) is 9.55. The van der Waals surface area contributed by atoms with Crippen LogP contribution in [0.3, 0.4) is 0 Å². The lowest BCUT2D eigenvalue weighted by Crippen LogP contribution is -2.38. The molecule has 96 valence electrons. The molecule has 1 aromatic carbocycles. The predicted octanol–water partition coefficient (Wildman–Crippen LogP) is -1.07. The molecule has 7 heteroatoms. The van der Waals surface area contributed by atoms with E-state index in [1.54, 1.807) is 0 Å². The molecule has 0 saturated heterocycles. The highest BCUT2D eigenvalue weighted by atomic mass is 16.2. The van der Waals surface area contributed by atoms with Crippen LogP contribution in [0, 0.1) is 0 Å². The van der Waals surface area contributed by atoms with Crippen molar-refractivity contribution in [3.63, 3.8) is 0 Å². The number of anilines is 1. The molecule has 0 bridgehead atoms. The molecule has 0 radical (unpaired) electrons. The highest BCUT2D eigenvalue weighted by molar-refractivity contribution is 5.98. The van der Waals surface area contributed by atoms with E-state index in [1.165, 1.54) is 24.3 Å². The average Bonchev–Trinajstić information content (AvgIpc) is 2.28. The van der Waals surface area contributed by atoms with Crippen molar-refractivity contribution in [2.45, 2.75) is 12.5 Å². The van der Waals surface area contributed by atoms with Gasteiger partial charge in [-0.05, 0) is 24.3 Å². The molecule has 0 aliphatic carbocycles. The Morgan fingerprint density at radius 3 is 2.11 bits per heavy atom. The zero-order chi connectivity index (χ0) is 13.7. The zero-order valence-electron chi connectivity index (χ0n) is 9.55. The van der Waals surface area contributed by atoms with Crippen molar-refractivity contribution < 1.29 is 14.4 Å². The molecular formula is C11H14N4O3. The lowest BCUT2D eigenvalue weighted by Gasteiger charge is -2.10. The SMILES string of the molecule is NC(=O)CC(N)C(=O)Nc1ccc(C(N)=O)cc1. The summed E-state index contributed by atoms with van der Waals surface area (Å²) >= 11 is 0. The molecule has 7 nitrogen and oxygen atoms in total. The van der Waals surface area contributed by atoms with Crippen LogP contribution in [0.2, 0.25) is 0 Å². The van der Waals surface area contributed by atoms with Gasteiger partial charge in [-0.15, -0.1) is 0 Å². The van der Waals surface area contributed by atoms with Crippen LogP contribution in [0.1, 0.15) is 16.8 Å². The highest BCUT2D eigenvalue weighted by Crippen LogP contribution is 2.09. The summed E-state index contributed by atoms with van der Waals surface area (Å²) in [6.45, 7) is 0. The van der Waals surface area contributed by atoms with Crippen LogP contribution in [0.4, 0.5) is 5.69 Å². The monoisotopic (exact) mass is 250 g/mol. The second-order valence-corrected chi connectivity index (χ2v) is 3.71. The Labute approximate surface area is 103 Å². The molecule has 0 aliphatic rings. The van der Waals surface area contributed by atoms with Gasteiger partial charge in [0, 0.05) is 11.3 Å². The van der Waals surface area contributed by atoms with E-state index < -0.39 is 23.8 Å². The van der Waals surface area contributed by atoms with Crippen molar-refractivity contribution in [1.29, 1.82) is 0 Å². The lowest BCUT2D eigenvalue weighted by atomic mass is 10.1. The molecular weight excluding hydrogens is 236 g/mol. The van der Waals surface area contributed by atoms with Crippen molar-refractivity contribution in [3.8, 4) is 0 Å². The molecule has 0 aromatic heterocycles. The second kappa shape index (κ2) is 5.78. The Morgan fingerprint density at radius 1 is 1.11 bits per heavy atom. The number of benzene rings is 1. The van der Waals surface area contributed by atoms with E-state index in [2.05, 4.69) is 5.32 Å². The standard InChI is InChI=1S/C11H14N4O3/c12-8(5-9(13)16)11(18)15-7-3-1-6(2-4-7)10(14)17/h1-4,8H,5,12H2,(H2,13,16)(H2,14,17)(H,15,18). The Balaban J connectivity index is 2.64. The van der Waals surface area contributed by atoms with E-state index in [1.807, 2.05) is 0 Å². The first-order valence-corrected chi connectivity index (χ1v) is 5.14. The maximum Gasteiger partial charge on any atom is 0.248 e. The first-order chi connectivity index (χ1) is 8.40. The molecule has 0 spiro atoms. The van der Waals surface area contributed by atoms with Crippen LogP contribution in [0.25, 0.3) is 0 Å². The molecule has 0 saturated carbocycles. The Morgan fingerprint density at radius 2 is 1.67 bits per heavy atom.